The summed E-state index contributed by atoms with van der Waals surface area (Å²) >= 11 is 7.17. The molecule has 0 amide bonds. The first kappa shape index (κ1) is 15.6. The van der Waals surface area contributed by atoms with Crippen LogP contribution in [0.2, 0.25) is 0 Å². The second-order valence-electron chi connectivity index (χ2n) is 5.03. The van der Waals surface area contributed by atoms with Crippen molar-refractivity contribution in [2.24, 2.45) is 0 Å². The molecular formula is C15H22N2OS2. The molecule has 5 heteroatoms. The molecule has 3 nitrogen and oxygen atoms in total. The molecule has 1 aromatic rings. The number of hydrogen-bond donors (Lipinski definition) is 1. The van der Waals surface area contributed by atoms with E-state index in [1.54, 1.807) is 11.8 Å². The van der Waals surface area contributed by atoms with Crippen LogP contribution in [-0.4, -0.2) is 42.6 Å². The Morgan fingerprint density at radius 3 is 2.80 bits per heavy atom. The predicted octanol–water partition coefficient (Wildman–Crippen LogP) is 2.89. The van der Waals surface area contributed by atoms with Crippen molar-refractivity contribution in [1.82, 2.24) is 10.2 Å². The summed E-state index contributed by atoms with van der Waals surface area (Å²) in [5.74, 6) is 0. The van der Waals surface area contributed by atoms with Crippen LogP contribution in [-0.2, 0) is 11.3 Å². The Morgan fingerprint density at radius 2 is 2.20 bits per heavy atom. The van der Waals surface area contributed by atoms with E-state index in [1.807, 2.05) is 7.05 Å². The lowest BCUT2D eigenvalue weighted by molar-refractivity contribution is 0.113. The Morgan fingerprint density at radius 1 is 1.45 bits per heavy atom. The number of nitrogens with zero attached hydrogens (tertiary/aromatic N) is 1. The van der Waals surface area contributed by atoms with Gasteiger partial charge in [-0.15, -0.1) is 11.8 Å². The molecule has 0 radical (unpaired) electrons. The van der Waals surface area contributed by atoms with E-state index in [0.29, 0.717) is 6.10 Å². The Labute approximate surface area is 131 Å². The molecule has 110 valence electrons. The first-order chi connectivity index (χ1) is 9.69. The number of nitrogens with one attached hydrogen (secondary N) is 1. The third-order valence-corrected chi connectivity index (χ3v) is 4.63. The van der Waals surface area contributed by atoms with Gasteiger partial charge in [-0.1, -0.05) is 12.1 Å². The van der Waals surface area contributed by atoms with Crippen LogP contribution in [0.1, 0.15) is 18.4 Å². The van der Waals surface area contributed by atoms with E-state index >= 15 is 0 Å². The Hall–Kier alpha value is -0.780. The van der Waals surface area contributed by atoms with Crippen molar-refractivity contribution < 1.29 is 4.74 Å². The normalized spacial score (nSPS) is 18.0. The van der Waals surface area contributed by atoms with Gasteiger partial charge in [-0.2, -0.15) is 0 Å². The van der Waals surface area contributed by atoms with Crippen LogP contribution in [0, 0.1) is 0 Å². The summed E-state index contributed by atoms with van der Waals surface area (Å²) in [6.07, 6.45) is 4.71. The number of benzene rings is 1. The zero-order valence-electron chi connectivity index (χ0n) is 12.1. The fraction of sp³-hybridized carbons (Fsp3) is 0.533. The van der Waals surface area contributed by atoms with E-state index in [9.17, 15) is 0 Å². The monoisotopic (exact) mass is 310 g/mol. The maximum absolute atomic E-state index is 5.58. The molecular weight excluding hydrogens is 288 g/mol. The molecule has 1 saturated heterocycles. The summed E-state index contributed by atoms with van der Waals surface area (Å²) in [6, 6.07) is 8.61. The van der Waals surface area contributed by atoms with Gasteiger partial charge in [-0.05, 0) is 49.0 Å². The molecule has 1 aliphatic rings. The highest BCUT2D eigenvalue weighted by Gasteiger charge is 2.16. The summed E-state index contributed by atoms with van der Waals surface area (Å²) in [5.41, 5.74) is 1.27. The Balaban J connectivity index is 1.77. The first-order valence-electron chi connectivity index (χ1n) is 6.92. The summed E-state index contributed by atoms with van der Waals surface area (Å²) in [4.78, 5) is 3.36. The first-order valence-corrected chi connectivity index (χ1v) is 8.56. The molecule has 1 fully saturated rings. The number of thioether (sulfide) groups is 1. The summed E-state index contributed by atoms with van der Waals surface area (Å²) in [6.45, 7) is 2.53. The quantitative estimate of drug-likeness (QED) is 0.666. The van der Waals surface area contributed by atoms with Gasteiger partial charge in [0.05, 0.1) is 6.10 Å². The topological polar surface area (TPSA) is 24.5 Å². The molecule has 2 rings (SSSR count). The minimum atomic E-state index is 0.321. The summed E-state index contributed by atoms with van der Waals surface area (Å²) < 4.78 is 5.58. The second kappa shape index (κ2) is 7.86. The van der Waals surface area contributed by atoms with Crippen molar-refractivity contribution in [3.63, 3.8) is 0 Å². The lowest BCUT2D eigenvalue weighted by atomic mass is 10.2. The standard InChI is InChI=1S/C15H22N2OS2/c1-17(11-12-5-7-14(20-2)8-6-12)15(19)16-10-13-4-3-9-18-13/h5-8,13H,3-4,9-11H2,1-2H3,(H,16,19)/t13-/m0/s1. The minimum absolute atomic E-state index is 0.321. The summed E-state index contributed by atoms with van der Waals surface area (Å²) in [5, 5.41) is 4.08. The van der Waals surface area contributed by atoms with Crippen molar-refractivity contribution in [2.45, 2.75) is 30.4 Å². The van der Waals surface area contributed by atoms with Crippen molar-refractivity contribution in [3.05, 3.63) is 29.8 Å². The third kappa shape index (κ3) is 4.65. The Bertz CT molecular complexity index is 430. The van der Waals surface area contributed by atoms with Gasteiger partial charge in [0.2, 0.25) is 0 Å². The van der Waals surface area contributed by atoms with Crippen LogP contribution < -0.4 is 5.32 Å². The molecule has 0 spiro atoms. The largest absolute Gasteiger partial charge is 0.376 e. The van der Waals surface area contributed by atoms with Crippen LogP contribution in [0.25, 0.3) is 0 Å². The SMILES string of the molecule is CSc1ccc(CN(C)C(=S)NC[C@@H]2CCCO2)cc1. The van der Waals surface area contributed by atoms with E-state index in [4.69, 9.17) is 17.0 Å². The molecule has 1 atom stereocenters. The lowest BCUT2D eigenvalue weighted by Gasteiger charge is -2.22. The molecule has 1 N–H and O–H groups in total. The number of rotatable bonds is 5. The maximum Gasteiger partial charge on any atom is 0.169 e. The van der Waals surface area contributed by atoms with Crippen molar-refractivity contribution in [1.29, 1.82) is 0 Å². The van der Waals surface area contributed by atoms with Crippen molar-refractivity contribution in [3.8, 4) is 0 Å². The smallest absolute Gasteiger partial charge is 0.169 e. The van der Waals surface area contributed by atoms with Gasteiger partial charge in [-0.25, -0.2) is 0 Å². The van der Waals surface area contributed by atoms with Crippen LogP contribution >= 0.6 is 24.0 Å². The fourth-order valence-electron chi connectivity index (χ4n) is 2.22. The molecule has 1 aliphatic heterocycles. The Kier molecular flexibility index (Phi) is 6.13. The van der Waals surface area contributed by atoms with Gasteiger partial charge in [0.25, 0.3) is 0 Å². The fourth-order valence-corrected chi connectivity index (χ4v) is 2.77. The van der Waals surface area contributed by atoms with Gasteiger partial charge < -0.3 is 15.0 Å². The number of ether oxygens (including phenoxy) is 1. The third-order valence-electron chi connectivity index (χ3n) is 3.43. The molecule has 0 unspecified atom stereocenters. The van der Waals surface area contributed by atoms with Gasteiger partial charge in [0.15, 0.2) is 5.11 Å². The van der Waals surface area contributed by atoms with Gasteiger partial charge in [-0.3, -0.25) is 0 Å². The van der Waals surface area contributed by atoms with E-state index < -0.39 is 0 Å². The zero-order valence-corrected chi connectivity index (χ0v) is 13.7. The second-order valence-corrected chi connectivity index (χ2v) is 6.29. The van der Waals surface area contributed by atoms with Crippen molar-refractivity contribution >= 4 is 29.1 Å². The molecule has 1 heterocycles. The minimum Gasteiger partial charge on any atom is -0.376 e. The number of thiocarbonyl (C=S) groups is 1. The lowest BCUT2D eigenvalue weighted by Crippen LogP contribution is -2.40. The molecule has 1 aromatic carbocycles. The average Bonchev–Trinajstić information content (AvgIpc) is 2.98. The van der Waals surface area contributed by atoms with E-state index in [2.05, 4.69) is 40.7 Å². The highest BCUT2D eigenvalue weighted by molar-refractivity contribution is 7.98. The van der Waals surface area contributed by atoms with Crippen molar-refractivity contribution in [2.75, 3.05) is 26.5 Å². The molecule has 0 aromatic heterocycles. The van der Waals surface area contributed by atoms with E-state index in [1.165, 1.54) is 10.5 Å². The maximum atomic E-state index is 5.58. The van der Waals surface area contributed by atoms with E-state index in [0.717, 1.165) is 37.7 Å². The average molecular weight is 310 g/mol. The summed E-state index contributed by atoms with van der Waals surface area (Å²) in [7, 11) is 2.02. The van der Waals surface area contributed by atoms with E-state index in [-0.39, 0.29) is 0 Å². The van der Waals surface area contributed by atoms with Crippen LogP contribution in [0.5, 0.6) is 0 Å². The number of hydrogen-bond acceptors (Lipinski definition) is 3. The van der Waals surface area contributed by atoms with Crippen LogP contribution in [0.4, 0.5) is 0 Å². The molecule has 0 saturated carbocycles. The molecule has 20 heavy (non-hydrogen) atoms. The van der Waals surface area contributed by atoms with Crippen LogP contribution in [0.15, 0.2) is 29.2 Å². The molecule has 0 aliphatic carbocycles. The zero-order chi connectivity index (χ0) is 14.4. The van der Waals surface area contributed by atoms with Gasteiger partial charge in [0, 0.05) is 31.6 Å². The van der Waals surface area contributed by atoms with Gasteiger partial charge in [0.1, 0.15) is 0 Å². The predicted molar refractivity (Wildman–Crippen MR) is 89.3 cm³/mol. The van der Waals surface area contributed by atoms with Gasteiger partial charge >= 0.3 is 0 Å². The highest BCUT2D eigenvalue weighted by atomic mass is 32.2. The van der Waals surface area contributed by atoms with Crippen LogP contribution in [0.3, 0.4) is 0 Å². The molecule has 0 bridgehead atoms. The highest BCUT2D eigenvalue weighted by Crippen LogP contribution is 2.15.